The Morgan fingerprint density at radius 3 is 3.00 bits per heavy atom. The van der Waals surface area contributed by atoms with Gasteiger partial charge in [-0.05, 0) is 36.8 Å². The first-order valence-corrected chi connectivity index (χ1v) is 7.02. The van der Waals surface area contributed by atoms with Gasteiger partial charge in [0.15, 0.2) is 0 Å². The normalized spacial score (nSPS) is 12.6. The second kappa shape index (κ2) is 5.27. The molecular weight excluding hydrogens is 288 g/mol. The molecule has 2 aromatic rings. The number of nitrogens with zero attached hydrogens (tertiary/aromatic N) is 2. The van der Waals surface area contributed by atoms with Crippen molar-refractivity contribution in [3.63, 3.8) is 0 Å². The van der Waals surface area contributed by atoms with E-state index in [0.717, 1.165) is 29.0 Å². The molecule has 0 fully saturated rings. The van der Waals surface area contributed by atoms with Gasteiger partial charge in [-0.25, -0.2) is 0 Å². The van der Waals surface area contributed by atoms with Gasteiger partial charge in [0.05, 0.1) is 13.2 Å². The van der Waals surface area contributed by atoms with Crippen molar-refractivity contribution in [1.82, 2.24) is 4.57 Å². The minimum atomic E-state index is -0.288. The Bertz CT molecular complexity index is 818. The van der Waals surface area contributed by atoms with E-state index in [-0.39, 0.29) is 11.1 Å². The van der Waals surface area contributed by atoms with Gasteiger partial charge in [0.25, 0.3) is 5.56 Å². The first kappa shape index (κ1) is 13.7. The average Bonchev–Trinajstić information content (AvgIpc) is 2.91. The molecule has 1 aromatic heterocycles. The van der Waals surface area contributed by atoms with E-state index in [1.165, 1.54) is 0 Å². The van der Waals surface area contributed by atoms with Crippen LogP contribution in [-0.2, 0) is 13.0 Å². The van der Waals surface area contributed by atoms with Crippen molar-refractivity contribution in [1.29, 1.82) is 5.26 Å². The molecule has 2 heterocycles. The largest absolute Gasteiger partial charge is 0.493 e. The molecule has 0 atom stereocenters. The van der Waals surface area contributed by atoms with Gasteiger partial charge in [-0.2, -0.15) is 5.26 Å². The monoisotopic (exact) mass is 300 g/mol. The quantitative estimate of drug-likeness (QED) is 0.857. The van der Waals surface area contributed by atoms with Crippen molar-refractivity contribution in [2.45, 2.75) is 19.9 Å². The van der Waals surface area contributed by atoms with E-state index in [0.29, 0.717) is 18.2 Å². The number of aromatic nitrogens is 1. The Kier molecular flexibility index (Phi) is 3.44. The number of benzene rings is 1. The summed E-state index contributed by atoms with van der Waals surface area (Å²) in [6, 6.07) is 8.95. The third-order valence-electron chi connectivity index (χ3n) is 3.67. The van der Waals surface area contributed by atoms with Crippen LogP contribution in [0.2, 0.25) is 5.02 Å². The number of nitriles is 1. The van der Waals surface area contributed by atoms with E-state index in [1.54, 1.807) is 16.7 Å². The summed E-state index contributed by atoms with van der Waals surface area (Å²) in [6.07, 6.45) is 0.828. The Morgan fingerprint density at radius 1 is 1.43 bits per heavy atom. The molecular formula is C16H13ClN2O2. The van der Waals surface area contributed by atoms with Crippen LogP contribution in [0, 0.1) is 18.3 Å². The fraction of sp³-hybridized carbons (Fsp3) is 0.250. The van der Waals surface area contributed by atoms with E-state index in [4.69, 9.17) is 21.6 Å². The number of rotatable bonds is 2. The maximum Gasteiger partial charge on any atom is 0.268 e. The van der Waals surface area contributed by atoms with Gasteiger partial charge in [0.2, 0.25) is 0 Å². The molecule has 0 aliphatic carbocycles. The van der Waals surface area contributed by atoms with Crippen LogP contribution in [0.3, 0.4) is 0 Å². The van der Waals surface area contributed by atoms with Crippen LogP contribution in [0.15, 0.2) is 29.1 Å². The van der Waals surface area contributed by atoms with Crippen molar-refractivity contribution in [2.24, 2.45) is 0 Å². The SMILES string of the molecule is Cc1ccc(C#N)c(=O)n1Cc1cc(Cl)cc2c1OCC2. The maximum absolute atomic E-state index is 12.3. The molecule has 106 valence electrons. The zero-order valence-corrected chi connectivity index (χ0v) is 12.3. The lowest BCUT2D eigenvalue weighted by molar-refractivity contribution is 0.352. The highest BCUT2D eigenvalue weighted by molar-refractivity contribution is 6.30. The average molecular weight is 301 g/mol. The summed E-state index contributed by atoms with van der Waals surface area (Å²) in [5.74, 6) is 0.813. The summed E-state index contributed by atoms with van der Waals surface area (Å²) in [4.78, 5) is 12.3. The molecule has 0 unspecified atom stereocenters. The predicted molar refractivity (Wildman–Crippen MR) is 79.9 cm³/mol. The highest BCUT2D eigenvalue weighted by Crippen LogP contribution is 2.33. The number of hydrogen-bond acceptors (Lipinski definition) is 3. The summed E-state index contributed by atoms with van der Waals surface area (Å²) >= 11 is 6.14. The highest BCUT2D eigenvalue weighted by Gasteiger charge is 2.18. The number of aryl methyl sites for hydroxylation is 1. The van der Waals surface area contributed by atoms with Crippen molar-refractivity contribution in [3.05, 3.63) is 62.0 Å². The summed E-state index contributed by atoms with van der Waals surface area (Å²) in [6.45, 7) is 2.83. The van der Waals surface area contributed by atoms with Crippen LogP contribution >= 0.6 is 11.6 Å². The molecule has 5 heteroatoms. The second-order valence-electron chi connectivity index (χ2n) is 5.04. The van der Waals surface area contributed by atoms with E-state index < -0.39 is 0 Å². The summed E-state index contributed by atoms with van der Waals surface area (Å²) in [5, 5.41) is 9.63. The van der Waals surface area contributed by atoms with Gasteiger partial charge in [-0.15, -0.1) is 0 Å². The van der Waals surface area contributed by atoms with Gasteiger partial charge in [0.1, 0.15) is 17.4 Å². The highest BCUT2D eigenvalue weighted by atomic mass is 35.5. The molecule has 0 N–H and O–H groups in total. The van der Waals surface area contributed by atoms with Crippen molar-refractivity contribution in [2.75, 3.05) is 6.61 Å². The van der Waals surface area contributed by atoms with Gasteiger partial charge >= 0.3 is 0 Å². The molecule has 1 aliphatic heterocycles. The lowest BCUT2D eigenvalue weighted by Gasteiger charge is -2.13. The molecule has 1 aliphatic rings. The molecule has 21 heavy (non-hydrogen) atoms. The van der Waals surface area contributed by atoms with Gasteiger partial charge in [0, 0.05) is 22.7 Å². The molecule has 1 aromatic carbocycles. The Balaban J connectivity index is 2.11. The van der Waals surface area contributed by atoms with Crippen molar-refractivity contribution < 1.29 is 4.74 Å². The predicted octanol–water partition coefficient (Wildman–Crippen LogP) is 2.67. The lowest BCUT2D eigenvalue weighted by atomic mass is 10.1. The molecule has 0 bridgehead atoms. The summed E-state index contributed by atoms with van der Waals surface area (Å²) < 4.78 is 7.23. The van der Waals surface area contributed by atoms with Crippen LogP contribution in [0.1, 0.15) is 22.4 Å². The van der Waals surface area contributed by atoms with Gasteiger partial charge in [-0.1, -0.05) is 11.6 Å². The minimum absolute atomic E-state index is 0.139. The van der Waals surface area contributed by atoms with Crippen LogP contribution in [0.25, 0.3) is 0 Å². The first-order valence-electron chi connectivity index (χ1n) is 6.65. The van der Waals surface area contributed by atoms with Crippen LogP contribution < -0.4 is 10.3 Å². The van der Waals surface area contributed by atoms with Gasteiger partial charge < -0.3 is 9.30 Å². The number of fused-ring (bicyclic) bond motifs is 1. The fourth-order valence-electron chi connectivity index (χ4n) is 2.59. The lowest BCUT2D eigenvalue weighted by Crippen LogP contribution is -2.25. The molecule has 0 spiro atoms. The van der Waals surface area contributed by atoms with Crippen LogP contribution in [-0.4, -0.2) is 11.2 Å². The molecule has 4 nitrogen and oxygen atoms in total. The van der Waals surface area contributed by atoms with E-state index in [1.807, 2.05) is 25.1 Å². The Morgan fingerprint density at radius 2 is 2.24 bits per heavy atom. The van der Waals surface area contributed by atoms with E-state index >= 15 is 0 Å². The number of hydrogen-bond donors (Lipinski definition) is 0. The number of pyridine rings is 1. The fourth-order valence-corrected chi connectivity index (χ4v) is 2.85. The molecule has 0 saturated carbocycles. The van der Waals surface area contributed by atoms with Crippen molar-refractivity contribution >= 4 is 11.6 Å². The maximum atomic E-state index is 12.3. The Hall–Kier alpha value is -2.25. The number of ether oxygens (including phenoxy) is 1. The molecule has 0 amide bonds. The third-order valence-corrected chi connectivity index (χ3v) is 3.88. The van der Waals surface area contributed by atoms with Crippen LogP contribution in [0.5, 0.6) is 5.75 Å². The minimum Gasteiger partial charge on any atom is -0.493 e. The third kappa shape index (κ3) is 2.41. The molecule has 3 rings (SSSR count). The topological polar surface area (TPSA) is 55.0 Å². The molecule has 0 radical (unpaired) electrons. The second-order valence-corrected chi connectivity index (χ2v) is 5.48. The van der Waals surface area contributed by atoms with Crippen molar-refractivity contribution in [3.8, 4) is 11.8 Å². The summed E-state index contributed by atoms with van der Waals surface area (Å²) in [7, 11) is 0. The zero-order chi connectivity index (χ0) is 15.0. The standard InChI is InChI=1S/C16H13ClN2O2/c1-10-2-3-12(8-18)16(20)19(10)9-13-7-14(17)6-11-4-5-21-15(11)13/h2-3,6-7H,4-5,9H2,1H3. The summed E-state index contributed by atoms with van der Waals surface area (Å²) in [5.41, 5.74) is 2.59. The molecule has 0 saturated heterocycles. The number of halogens is 1. The first-order chi connectivity index (χ1) is 10.1. The Labute approximate surface area is 127 Å². The zero-order valence-electron chi connectivity index (χ0n) is 11.5. The van der Waals surface area contributed by atoms with Gasteiger partial charge in [-0.3, -0.25) is 4.79 Å². The smallest absolute Gasteiger partial charge is 0.268 e. The van der Waals surface area contributed by atoms with Crippen LogP contribution in [0.4, 0.5) is 0 Å². The van der Waals surface area contributed by atoms with E-state index in [9.17, 15) is 4.79 Å². The van der Waals surface area contributed by atoms with E-state index in [2.05, 4.69) is 0 Å².